The highest BCUT2D eigenvalue weighted by Crippen LogP contribution is 2.30. The van der Waals surface area contributed by atoms with Gasteiger partial charge in [0.15, 0.2) is 6.10 Å². The van der Waals surface area contributed by atoms with Crippen LogP contribution in [0, 0.1) is 11.8 Å². The van der Waals surface area contributed by atoms with Crippen LogP contribution in [0.4, 0.5) is 9.59 Å². The van der Waals surface area contributed by atoms with Gasteiger partial charge >= 0.3 is 12.2 Å². The van der Waals surface area contributed by atoms with Crippen molar-refractivity contribution in [2.75, 3.05) is 40.4 Å². The minimum absolute atomic E-state index is 0.141. The van der Waals surface area contributed by atoms with Crippen molar-refractivity contribution >= 4 is 29.7 Å². The van der Waals surface area contributed by atoms with Gasteiger partial charge in [0.1, 0.15) is 12.2 Å². The van der Waals surface area contributed by atoms with Crippen LogP contribution < -0.4 is 22.1 Å². The van der Waals surface area contributed by atoms with E-state index >= 15 is 0 Å². The first kappa shape index (κ1) is 40.9. The number of ketones is 2. The molecule has 0 aromatic rings. The Labute approximate surface area is 288 Å². The number of nitrogens with zero attached hydrogens (tertiary/aromatic N) is 1. The summed E-state index contributed by atoms with van der Waals surface area (Å²) in [5.74, 6) is -2.29. The van der Waals surface area contributed by atoms with Gasteiger partial charge in [-0.15, -0.1) is 0 Å². The van der Waals surface area contributed by atoms with Gasteiger partial charge in [-0.2, -0.15) is 0 Å². The number of nitrogens with two attached hydrogens (primary N) is 2. The number of hydrogen-bond donors (Lipinski definition) is 4. The van der Waals surface area contributed by atoms with E-state index in [9.17, 15) is 24.0 Å². The van der Waals surface area contributed by atoms with Crippen molar-refractivity contribution in [3.05, 3.63) is 58.5 Å². The lowest BCUT2D eigenvalue weighted by Gasteiger charge is -2.32. The maximum atomic E-state index is 13.9. The lowest BCUT2D eigenvalue weighted by atomic mass is 9.85. The number of Topliss-reactive ketones (excluding diaryl/α,β-unsaturated/α-hetero) is 1. The Kier molecular flexibility index (Phi) is 16.4. The summed E-state index contributed by atoms with van der Waals surface area (Å²) in [6, 6.07) is 0. The summed E-state index contributed by atoms with van der Waals surface area (Å²) in [4.78, 5) is 66.7. The quantitative estimate of drug-likeness (QED) is 0.194. The van der Waals surface area contributed by atoms with E-state index in [4.69, 9.17) is 30.4 Å². The second-order valence-corrected chi connectivity index (χ2v) is 12.3. The fourth-order valence-corrected chi connectivity index (χ4v) is 5.96. The van der Waals surface area contributed by atoms with Gasteiger partial charge in [0.25, 0.3) is 5.91 Å². The summed E-state index contributed by atoms with van der Waals surface area (Å²) in [5, 5.41) is 5.78. The van der Waals surface area contributed by atoms with Crippen LogP contribution in [0.25, 0.3) is 0 Å². The Hall–Kier alpha value is -4.27. The Balaban J connectivity index is 2.69. The molecular formula is C35H53N5O9. The van der Waals surface area contributed by atoms with Crippen LogP contribution in [0.1, 0.15) is 54.4 Å². The molecule has 0 spiro atoms. The molecule has 2 aliphatic rings. The largest absolute Gasteiger partial charge is 0.443 e. The Morgan fingerprint density at radius 3 is 2.24 bits per heavy atom. The molecule has 0 saturated heterocycles. The number of nitrogens with one attached hydrogen (secondary N) is 2. The topological polar surface area (TPSA) is 202 Å². The first-order valence-corrected chi connectivity index (χ1v) is 16.5. The number of allylic oxidation sites excluding steroid dienone is 4. The van der Waals surface area contributed by atoms with Crippen LogP contribution >= 0.6 is 0 Å². The highest BCUT2D eigenvalue weighted by atomic mass is 16.6. The fourth-order valence-electron chi connectivity index (χ4n) is 5.96. The number of carbonyl (C=O) groups is 5. The molecule has 14 heteroatoms. The molecule has 0 aromatic carbocycles. The van der Waals surface area contributed by atoms with Crippen molar-refractivity contribution < 1.29 is 42.9 Å². The number of fused-ring (bicyclic) bond motifs is 2. The molecule has 2 bridgehead atoms. The van der Waals surface area contributed by atoms with Gasteiger partial charge in [-0.25, -0.2) is 9.59 Å². The molecule has 6 unspecified atom stereocenters. The van der Waals surface area contributed by atoms with Crippen molar-refractivity contribution in [2.24, 2.45) is 23.3 Å². The molecule has 1 heterocycles. The number of likely N-dealkylation sites (N-methyl/N-ethyl adjacent to an activating group) is 1. The van der Waals surface area contributed by atoms with Gasteiger partial charge < -0.3 is 45.9 Å². The first-order chi connectivity index (χ1) is 23.2. The van der Waals surface area contributed by atoms with Gasteiger partial charge in [-0.05, 0) is 51.3 Å². The molecule has 6 N–H and O–H groups in total. The van der Waals surface area contributed by atoms with Gasteiger partial charge in [0.05, 0.1) is 17.5 Å². The van der Waals surface area contributed by atoms with Crippen molar-refractivity contribution in [1.82, 2.24) is 15.5 Å². The molecule has 49 heavy (non-hydrogen) atoms. The van der Waals surface area contributed by atoms with Crippen LogP contribution in [0.2, 0.25) is 0 Å². The third-order valence-electron chi connectivity index (χ3n) is 8.64. The minimum Gasteiger partial charge on any atom is -0.443 e. The van der Waals surface area contributed by atoms with E-state index in [2.05, 4.69) is 15.5 Å². The third-order valence-corrected chi connectivity index (χ3v) is 8.64. The molecule has 0 fully saturated rings. The molecule has 2 rings (SSSR count). The Morgan fingerprint density at radius 1 is 1.02 bits per heavy atom. The molecular weight excluding hydrogens is 634 g/mol. The monoisotopic (exact) mass is 687 g/mol. The molecule has 1 aliphatic heterocycles. The number of ether oxygens (including phenoxy) is 4. The lowest BCUT2D eigenvalue weighted by Crippen LogP contribution is -2.41. The zero-order chi connectivity index (χ0) is 36.8. The summed E-state index contributed by atoms with van der Waals surface area (Å²) in [7, 11) is 2.89. The van der Waals surface area contributed by atoms with Crippen LogP contribution in [-0.4, -0.2) is 99.4 Å². The molecule has 272 valence electrons. The van der Waals surface area contributed by atoms with Gasteiger partial charge in [0.2, 0.25) is 11.6 Å². The molecule has 14 nitrogen and oxygen atoms in total. The van der Waals surface area contributed by atoms with E-state index in [-0.39, 0.29) is 34.9 Å². The Morgan fingerprint density at radius 2 is 1.67 bits per heavy atom. The number of primary amides is 2. The average Bonchev–Trinajstić information content (AvgIpc) is 3.04. The summed E-state index contributed by atoms with van der Waals surface area (Å²) < 4.78 is 22.4. The van der Waals surface area contributed by atoms with Crippen LogP contribution in [-0.2, 0) is 33.3 Å². The van der Waals surface area contributed by atoms with E-state index in [0.29, 0.717) is 25.1 Å². The van der Waals surface area contributed by atoms with Gasteiger partial charge in [0, 0.05) is 50.4 Å². The fraction of sp³-hybridized carbons (Fsp3) is 0.571. The first-order valence-electron chi connectivity index (χ1n) is 16.5. The van der Waals surface area contributed by atoms with Crippen LogP contribution in [0.15, 0.2) is 58.5 Å². The molecule has 0 aromatic heterocycles. The third kappa shape index (κ3) is 12.0. The summed E-state index contributed by atoms with van der Waals surface area (Å²) in [5.41, 5.74) is 11.9. The number of carbonyl (C=O) groups excluding carboxylic acids is 5. The summed E-state index contributed by atoms with van der Waals surface area (Å²) >= 11 is 0. The SMILES string of the molecule is CCN(CC)CCNC1=C2CC(C)CC(OC)C(OC(N)=O)C(C)/C=C(\C)C(OC(N)=O)C(OC)/C=C\C=C(/C)C(=O)NC(=CC1=O)C2=O. The van der Waals surface area contributed by atoms with Crippen molar-refractivity contribution in [1.29, 1.82) is 0 Å². The highest BCUT2D eigenvalue weighted by Gasteiger charge is 2.35. The molecule has 0 saturated carbocycles. The van der Waals surface area contributed by atoms with Crippen molar-refractivity contribution in [2.45, 2.75) is 78.8 Å². The zero-order valence-corrected chi connectivity index (χ0v) is 29.9. The van der Waals surface area contributed by atoms with E-state index < -0.39 is 60.0 Å². The van der Waals surface area contributed by atoms with E-state index in [0.717, 1.165) is 19.2 Å². The standard InChI is InChI=1S/C35H53N5O9/c1-9-40(10-2)15-14-38-29-24-16-20(3)17-28(47-8)32(49-35(37)45)23(6)18-22(5)31(48-34(36)44)27(46-7)13-11-12-21(4)33(43)39-25(30(24)42)19-26(29)41/h11-13,18-20,23,27-28,31-32,38H,9-10,14-17H2,1-8H3,(H2,36,44)(H2,37,45)(H,39,43)/b13-11-,21-12+,22-18+. The lowest BCUT2D eigenvalue weighted by molar-refractivity contribution is -0.120. The predicted molar refractivity (Wildman–Crippen MR) is 184 cm³/mol. The van der Waals surface area contributed by atoms with E-state index in [1.807, 2.05) is 20.8 Å². The van der Waals surface area contributed by atoms with Crippen LogP contribution in [0.5, 0.6) is 0 Å². The molecule has 1 aliphatic carbocycles. The zero-order valence-electron chi connectivity index (χ0n) is 29.9. The second kappa shape index (κ2) is 19.7. The summed E-state index contributed by atoms with van der Waals surface area (Å²) in [6.45, 7) is 13.8. The van der Waals surface area contributed by atoms with Crippen molar-refractivity contribution in [3.8, 4) is 0 Å². The highest BCUT2D eigenvalue weighted by molar-refractivity contribution is 6.23. The maximum Gasteiger partial charge on any atom is 0.405 e. The van der Waals surface area contributed by atoms with Gasteiger partial charge in [-0.1, -0.05) is 52.0 Å². The molecule has 3 amide bonds. The number of hydrogen-bond acceptors (Lipinski definition) is 11. The smallest absolute Gasteiger partial charge is 0.405 e. The average molecular weight is 688 g/mol. The Bertz CT molecular complexity index is 1380. The van der Waals surface area contributed by atoms with Gasteiger partial charge in [-0.3, -0.25) is 14.4 Å². The molecule has 6 atom stereocenters. The van der Waals surface area contributed by atoms with Crippen LogP contribution in [0.3, 0.4) is 0 Å². The normalized spacial score (nSPS) is 28.8. The molecule has 0 radical (unpaired) electrons. The number of rotatable bonds is 10. The maximum absolute atomic E-state index is 13.9. The van der Waals surface area contributed by atoms with Crippen molar-refractivity contribution in [3.63, 3.8) is 0 Å². The van der Waals surface area contributed by atoms with E-state index in [1.165, 1.54) is 20.3 Å². The number of amides is 3. The minimum atomic E-state index is -1.03. The number of methoxy groups -OCH3 is 2. The summed E-state index contributed by atoms with van der Waals surface area (Å²) in [6.07, 6.45) is 2.49. The second-order valence-electron chi connectivity index (χ2n) is 12.3. The predicted octanol–water partition coefficient (Wildman–Crippen LogP) is 2.80. The van der Waals surface area contributed by atoms with E-state index in [1.54, 1.807) is 39.0 Å².